The molecule has 38 heavy (non-hydrogen) atoms. The summed E-state index contributed by atoms with van der Waals surface area (Å²) < 4.78 is 37.9. The number of carbonyl (C=O) groups is 1. The molecule has 0 bridgehead atoms. The molecule has 2 N–H and O–H groups in total. The van der Waals surface area contributed by atoms with Gasteiger partial charge in [-0.3, -0.25) is 9.35 Å². The number of carbonyl (C=O) groups excluding carboxylic acids is 1. The molecule has 0 saturated heterocycles. The third-order valence-electron chi connectivity index (χ3n) is 5.38. The maximum Gasteiger partial charge on any atom is 1.00 e. The molecule has 13 heteroatoms. The van der Waals surface area contributed by atoms with Gasteiger partial charge in [0.05, 0.1) is 28.5 Å². The van der Waals surface area contributed by atoms with Crippen LogP contribution >= 0.6 is 23.2 Å². The molecule has 4 aromatic rings. The van der Waals surface area contributed by atoms with Gasteiger partial charge in [-0.25, -0.2) is 0 Å². The predicted octanol–water partition coefficient (Wildman–Crippen LogP) is 3.46. The van der Waals surface area contributed by atoms with Crippen molar-refractivity contribution in [1.29, 1.82) is 0 Å². The van der Waals surface area contributed by atoms with Crippen molar-refractivity contribution in [2.24, 2.45) is 10.2 Å². The van der Waals surface area contributed by atoms with Crippen molar-refractivity contribution in [2.45, 2.75) is 11.8 Å². The molecule has 0 fully saturated rings. The van der Waals surface area contributed by atoms with E-state index < -0.39 is 26.7 Å². The van der Waals surface area contributed by atoms with E-state index in [9.17, 15) is 22.9 Å². The first kappa shape index (κ1) is 29.9. The summed E-state index contributed by atoms with van der Waals surface area (Å²) in [6, 6.07) is 15.3. The first-order chi connectivity index (χ1) is 17.5. The van der Waals surface area contributed by atoms with E-state index in [0.717, 1.165) is 6.07 Å². The summed E-state index contributed by atoms with van der Waals surface area (Å²) in [6.45, 7) is 1.53. The van der Waals surface area contributed by atoms with Gasteiger partial charge in [-0.2, -0.15) is 18.6 Å². The van der Waals surface area contributed by atoms with Crippen LogP contribution in [0, 0.1) is 6.92 Å². The Kier molecular flexibility index (Phi) is 9.43. The third-order valence-corrected chi connectivity index (χ3v) is 7.17. The smallest absolute Gasteiger partial charge is 0.870 e. The molecule has 9 nitrogen and oxygen atoms in total. The summed E-state index contributed by atoms with van der Waals surface area (Å²) in [5.41, 5.74) is 0.383. The summed E-state index contributed by atoms with van der Waals surface area (Å²) in [4.78, 5) is 12.5. The average Bonchev–Trinajstić information content (AvgIpc) is 2.84. The summed E-state index contributed by atoms with van der Waals surface area (Å²) in [5, 5.41) is 25.1. The van der Waals surface area contributed by atoms with Crippen molar-refractivity contribution in [3.8, 4) is 11.5 Å². The number of aryl methyl sites for hydroxylation is 1. The van der Waals surface area contributed by atoms with E-state index in [0.29, 0.717) is 27.8 Å². The number of fused-ring (bicyclic) bond motifs is 1. The van der Waals surface area contributed by atoms with E-state index in [-0.39, 0.29) is 56.5 Å². The Balaban J connectivity index is 0.00000400. The predicted molar refractivity (Wildman–Crippen MR) is 140 cm³/mol. The molecule has 0 aliphatic heterocycles. The van der Waals surface area contributed by atoms with Gasteiger partial charge >= 0.3 is 29.6 Å². The first-order valence-electron chi connectivity index (χ1n) is 10.6. The molecule has 0 heterocycles. The maximum absolute atomic E-state index is 13.3. The molecule has 4 rings (SSSR count). The van der Waals surface area contributed by atoms with E-state index in [1.165, 1.54) is 32.2 Å². The molecule has 0 spiro atoms. The minimum absolute atomic E-state index is 0. The molecule has 0 radical (unpaired) electrons. The van der Waals surface area contributed by atoms with Crippen molar-refractivity contribution in [3.05, 3.63) is 81.8 Å². The summed E-state index contributed by atoms with van der Waals surface area (Å²) in [5.74, 6) is -0.961. The van der Waals surface area contributed by atoms with Gasteiger partial charge in [0.25, 0.3) is 16.0 Å². The fourth-order valence-corrected chi connectivity index (χ4v) is 4.91. The number of benzene rings is 4. The monoisotopic (exact) mass is 581 g/mol. The SMILES string of the molecule is COc1ccc(NC(=O)c2cc3ccccc3c(N=Nc3cc(C)c(Cl)c(S(=O)(=O)O)c3)c2[O-])cc1Cl.[Na+]. The Morgan fingerprint density at radius 1 is 1.05 bits per heavy atom. The van der Waals surface area contributed by atoms with E-state index in [2.05, 4.69) is 15.5 Å². The van der Waals surface area contributed by atoms with Gasteiger partial charge in [0, 0.05) is 16.6 Å². The van der Waals surface area contributed by atoms with Crippen molar-refractivity contribution in [3.63, 3.8) is 0 Å². The standard InChI is InChI=1S/C25H19Cl2N3O6S.Na/c1-13-9-16(12-21(22(13)27)37(33,34)35)29-30-23-17-6-4-3-5-14(17)10-18(24(23)31)25(32)28-15-7-8-20(36-2)19(26)11-15;/h3-12,31H,1-2H3,(H,28,32)(H,33,34,35);/q;+1/p-1. The third kappa shape index (κ3) is 6.29. The number of halogens is 2. The second-order valence-corrected chi connectivity index (χ2v) is 10.1. The van der Waals surface area contributed by atoms with Crippen LogP contribution in [0.5, 0.6) is 11.5 Å². The fourth-order valence-electron chi connectivity index (χ4n) is 3.59. The van der Waals surface area contributed by atoms with Crippen molar-refractivity contribution < 1.29 is 57.2 Å². The van der Waals surface area contributed by atoms with Crippen molar-refractivity contribution in [1.82, 2.24) is 0 Å². The van der Waals surface area contributed by atoms with E-state index >= 15 is 0 Å². The topological polar surface area (TPSA) is 140 Å². The molecule has 0 aliphatic rings. The molecule has 1 amide bonds. The van der Waals surface area contributed by atoms with Crippen LogP contribution in [-0.2, 0) is 10.1 Å². The Hall–Kier alpha value is -2.70. The summed E-state index contributed by atoms with van der Waals surface area (Å²) in [6.07, 6.45) is 0. The Labute approximate surface area is 250 Å². The van der Waals surface area contributed by atoms with Crippen LogP contribution in [0.25, 0.3) is 10.8 Å². The quantitative estimate of drug-likeness (QED) is 0.203. The second kappa shape index (κ2) is 12.0. The number of azo groups is 1. The van der Waals surface area contributed by atoms with Gasteiger partial charge in [-0.15, -0.1) is 0 Å². The number of hydrogen-bond acceptors (Lipinski definition) is 7. The summed E-state index contributed by atoms with van der Waals surface area (Å²) >= 11 is 12.1. The van der Waals surface area contributed by atoms with E-state index in [1.807, 2.05) is 0 Å². The number of amides is 1. The van der Waals surface area contributed by atoms with Crippen LogP contribution in [0.2, 0.25) is 10.0 Å². The molecule has 4 aromatic carbocycles. The molecule has 0 aliphatic carbocycles. The molecule has 190 valence electrons. The van der Waals surface area contributed by atoms with Crippen LogP contribution in [-0.4, -0.2) is 26.0 Å². The Bertz CT molecular complexity index is 1700. The molecule has 0 atom stereocenters. The van der Waals surface area contributed by atoms with Gasteiger partial charge in [-0.1, -0.05) is 53.2 Å². The number of methoxy groups -OCH3 is 1. The van der Waals surface area contributed by atoms with Gasteiger partial charge < -0.3 is 15.2 Å². The Morgan fingerprint density at radius 3 is 2.42 bits per heavy atom. The van der Waals surface area contributed by atoms with Crippen LogP contribution in [0.1, 0.15) is 15.9 Å². The first-order valence-corrected chi connectivity index (χ1v) is 12.8. The molecule has 0 unspecified atom stereocenters. The number of anilines is 1. The van der Waals surface area contributed by atoms with Crippen LogP contribution < -0.4 is 44.7 Å². The minimum atomic E-state index is -4.63. The second-order valence-electron chi connectivity index (χ2n) is 7.88. The number of nitrogens with zero attached hydrogens (tertiary/aromatic N) is 2. The molecule has 0 aromatic heterocycles. The van der Waals surface area contributed by atoms with E-state index in [1.54, 1.807) is 36.4 Å². The maximum atomic E-state index is 13.3. The van der Waals surface area contributed by atoms with Gasteiger partial charge in [0.2, 0.25) is 0 Å². The molecular formula is C25H18Cl2N3NaO6S. The van der Waals surface area contributed by atoms with Gasteiger partial charge in [0.1, 0.15) is 10.6 Å². The number of nitrogens with one attached hydrogen (secondary N) is 1. The normalized spacial score (nSPS) is 11.4. The van der Waals surface area contributed by atoms with E-state index in [4.69, 9.17) is 27.9 Å². The van der Waals surface area contributed by atoms with Crippen LogP contribution in [0.4, 0.5) is 17.1 Å². The van der Waals surface area contributed by atoms with Crippen molar-refractivity contribution >= 4 is 67.1 Å². The van der Waals surface area contributed by atoms with Crippen molar-refractivity contribution in [2.75, 3.05) is 12.4 Å². The number of hydrogen-bond donors (Lipinski definition) is 2. The van der Waals surface area contributed by atoms with Gasteiger partial charge in [-0.05, 0) is 54.3 Å². The van der Waals surface area contributed by atoms with Crippen LogP contribution in [0.15, 0.2) is 75.8 Å². The molecule has 0 saturated carbocycles. The summed E-state index contributed by atoms with van der Waals surface area (Å²) in [7, 11) is -3.16. The minimum Gasteiger partial charge on any atom is -0.870 e. The Morgan fingerprint density at radius 2 is 1.76 bits per heavy atom. The fraction of sp³-hybridized carbons (Fsp3) is 0.0800. The number of rotatable bonds is 6. The van der Waals surface area contributed by atoms with Gasteiger partial charge in [0.15, 0.2) is 0 Å². The average molecular weight is 582 g/mol. The zero-order chi connectivity index (χ0) is 26.9. The zero-order valence-electron chi connectivity index (χ0n) is 20.3. The number of ether oxygens (including phenoxy) is 1. The molecular weight excluding hydrogens is 564 g/mol. The van der Waals surface area contributed by atoms with Crippen LogP contribution in [0.3, 0.4) is 0 Å². The largest absolute Gasteiger partial charge is 1.00 e. The zero-order valence-corrected chi connectivity index (χ0v) is 24.6.